The van der Waals surface area contributed by atoms with Gasteiger partial charge in [0.1, 0.15) is 5.78 Å². The molecule has 0 aromatic rings. The van der Waals surface area contributed by atoms with E-state index in [4.69, 9.17) is 9.05 Å². The highest BCUT2D eigenvalue weighted by atomic mass is 31.2. The van der Waals surface area contributed by atoms with Gasteiger partial charge in [-0.1, -0.05) is 6.08 Å². The molecular weight excluding hydrogens is 213 g/mol. The smallest absolute Gasteiger partial charge is 0.308 e. The van der Waals surface area contributed by atoms with Gasteiger partial charge in [0, 0.05) is 6.04 Å². The van der Waals surface area contributed by atoms with E-state index in [1.54, 1.807) is 0 Å². The second-order valence-corrected chi connectivity index (χ2v) is 5.61. The lowest BCUT2D eigenvalue weighted by Gasteiger charge is -2.15. The van der Waals surface area contributed by atoms with Gasteiger partial charge in [0.15, 0.2) is 0 Å². The molecule has 4 nitrogen and oxygen atoms in total. The third-order valence-electron chi connectivity index (χ3n) is 2.30. The Kier molecular flexibility index (Phi) is 5.00. The fraction of sp³-hybridized carbons (Fsp3) is 0.800. The van der Waals surface area contributed by atoms with Crippen molar-refractivity contribution in [3.8, 4) is 0 Å². The number of allylic oxidation sites excluding steroid dienone is 1. The molecule has 0 aliphatic carbocycles. The van der Waals surface area contributed by atoms with E-state index < -0.39 is 7.60 Å². The van der Waals surface area contributed by atoms with Gasteiger partial charge in [-0.15, -0.1) is 6.58 Å². The van der Waals surface area contributed by atoms with E-state index in [9.17, 15) is 4.57 Å². The molecule has 0 saturated carbocycles. The van der Waals surface area contributed by atoms with Crippen molar-refractivity contribution in [2.24, 2.45) is 0 Å². The van der Waals surface area contributed by atoms with Crippen molar-refractivity contribution in [2.75, 3.05) is 13.2 Å². The zero-order valence-electron chi connectivity index (χ0n) is 9.44. The first-order chi connectivity index (χ1) is 7.18. The fourth-order valence-corrected chi connectivity index (χ4v) is 3.65. The normalized spacial score (nSPS) is 25.2. The minimum atomic E-state index is -2.92. The zero-order chi connectivity index (χ0) is 11.3. The monoisotopic (exact) mass is 233 g/mol. The van der Waals surface area contributed by atoms with Crippen LogP contribution >= 0.6 is 7.60 Å². The van der Waals surface area contributed by atoms with Crippen LogP contribution in [-0.2, 0) is 13.6 Å². The standard InChI is InChI=1S/C10H20NO3P/c1-4-7-8-9-10(11-9)15(12,13-5-2)14-6-3/h4,9-11H,1,5-8H2,2-3H3/t9-,10-/m1/s1. The SMILES string of the molecule is C=CCC[C@H]1N[C@@H]1P(=O)(OCC)OCC. The Morgan fingerprint density at radius 2 is 2.00 bits per heavy atom. The molecule has 0 aromatic carbocycles. The summed E-state index contributed by atoms with van der Waals surface area (Å²) in [7, 11) is -2.92. The third kappa shape index (κ3) is 3.42. The maximum absolute atomic E-state index is 12.2. The van der Waals surface area contributed by atoms with Crippen molar-refractivity contribution in [2.45, 2.75) is 38.5 Å². The molecule has 0 bridgehead atoms. The van der Waals surface area contributed by atoms with Crippen molar-refractivity contribution < 1.29 is 13.6 Å². The van der Waals surface area contributed by atoms with Gasteiger partial charge < -0.3 is 9.05 Å². The highest BCUT2D eigenvalue weighted by Gasteiger charge is 2.51. The maximum atomic E-state index is 12.2. The number of hydrogen-bond donors (Lipinski definition) is 1. The summed E-state index contributed by atoms with van der Waals surface area (Å²) >= 11 is 0. The summed E-state index contributed by atoms with van der Waals surface area (Å²) in [6.07, 6.45) is 3.73. The van der Waals surface area contributed by atoms with Crippen molar-refractivity contribution in [3.63, 3.8) is 0 Å². The van der Waals surface area contributed by atoms with E-state index >= 15 is 0 Å². The first-order valence-electron chi connectivity index (χ1n) is 5.43. The summed E-state index contributed by atoms with van der Waals surface area (Å²) in [6.45, 7) is 8.15. The molecule has 5 heteroatoms. The largest absolute Gasteiger partial charge is 0.349 e. The van der Waals surface area contributed by atoms with Gasteiger partial charge in [0.05, 0.1) is 13.2 Å². The van der Waals surface area contributed by atoms with Crippen molar-refractivity contribution in [1.29, 1.82) is 0 Å². The highest BCUT2D eigenvalue weighted by molar-refractivity contribution is 7.55. The second kappa shape index (κ2) is 5.80. The van der Waals surface area contributed by atoms with E-state index in [2.05, 4.69) is 11.9 Å². The van der Waals surface area contributed by atoms with E-state index in [1.807, 2.05) is 19.9 Å². The Labute approximate surface area is 91.6 Å². The molecule has 0 amide bonds. The molecule has 1 fully saturated rings. The molecule has 1 saturated heterocycles. The summed E-state index contributed by atoms with van der Waals surface area (Å²) in [4.78, 5) is 0. The van der Waals surface area contributed by atoms with Gasteiger partial charge in [-0.05, 0) is 26.7 Å². The molecule has 1 heterocycles. The van der Waals surface area contributed by atoms with Crippen molar-refractivity contribution in [1.82, 2.24) is 5.32 Å². The van der Waals surface area contributed by atoms with Gasteiger partial charge in [-0.2, -0.15) is 0 Å². The van der Waals surface area contributed by atoms with E-state index in [0.717, 1.165) is 12.8 Å². The quantitative estimate of drug-likeness (QED) is 0.397. The third-order valence-corrected chi connectivity index (χ3v) is 4.72. The van der Waals surface area contributed by atoms with Gasteiger partial charge >= 0.3 is 7.60 Å². The van der Waals surface area contributed by atoms with Crippen LogP contribution in [0, 0.1) is 0 Å². The Balaban J connectivity index is 2.45. The van der Waals surface area contributed by atoms with Gasteiger partial charge in [0.2, 0.25) is 0 Å². The molecule has 88 valence electrons. The van der Waals surface area contributed by atoms with Gasteiger partial charge in [-0.3, -0.25) is 9.88 Å². The van der Waals surface area contributed by atoms with Gasteiger partial charge in [0.25, 0.3) is 0 Å². The van der Waals surface area contributed by atoms with E-state index in [-0.39, 0.29) is 11.8 Å². The van der Waals surface area contributed by atoms with Crippen LogP contribution in [-0.4, -0.2) is 25.0 Å². The molecule has 1 aliphatic heterocycles. The lowest BCUT2D eigenvalue weighted by molar-refractivity contribution is 0.218. The fourth-order valence-electron chi connectivity index (χ4n) is 1.57. The first kappa shape index (κ1) is 12.9. The molecule has 0 radical (unpaired) electrons. The number of rotatable bonds is 8. The average Bonchev–Trinajstić information content (AvgIpc) is 2.95. The maximum Gasteiger partial charge on any atom is 0.349 e. The predicted molar refractivity (Wildman–Crippen MR) is 61.0 cm³/mol. The Bertz CT molecular complexity index is 247. The summed E-state index contributed by atoms with van der Waals surface area (Å²) in [5.74, 6) is -0.114. The topological polar surface area (TPSA) is 57.5 Å². The predicted octanol–water partition coefficient (Wildman–Crippen LogP) is 2.52. The molecule has 1 rings (SSSR count). The van der Waals surface area contributed by atoms with Crippen LogP contribution in [0.15, 0.2) is 12.7 Å². The van der Waals surface area contributed by atoms with E-state index in [1.165, 1.54) is 0 Å². The van der Waals surface area contributed by atoms with Crippen molar-refractivity contribution >= 4 is 7.60 Å². The molecule has 15 heavy (non-hydrogen) atoms. The van der Waals surface area contributed by atoms with Crippen LogP contribution in [0.5, 0.6) is 0 Å². The Morgan fingerprint density at radius 3 is 2.47 bits per heavy atom. The highest BCUT2D eigenvalue weighted by Crippen LogP contribution is 2.58. The first-order valence-corrected chi connectivity index (χ1v) is 7.04. The van der Waals surface area contributed by atoms with E-state index in [0.29, 0.717) is 13.2 Å². The average molecular weight is 233 g/mol. The van der Waals surface area contributed by atoms with Crippen molar-refractivity contribution in [3.05, 3.63) is 12.7 Å². The summed E-state index contributed by atoms with van der Waals surface area (Å²) in [5.41, 5.74) is 0. The molecule has 1 aliphatic rings. The van der Waals surface area contributed by atoms with Crippen LogP contribution in [0.2, 0.25) is 0 Å². The molecule has 0 aromatic heterocycles. The van der Waals surface area contributed by atoms with Crippen LogP contribution in [0.1, 0.15) is 26.7 Å². The summed E-state index contributed by atoms with van der Waals surface area (Å²) in [6, 6.07) is 0.256. The minimum Gasteiger partial charge on any atom is -0.308 e. The second-order valence-electron chi connectivity index (χ2n) is 3.46. The zero-order valence-corrected chi connectivity index (χ0v) is 10.3. The van der Waals surface area contributed by atoms with Crippen LogP contribution in [0.25, 0.3) is 0 Å². The minimum absolute atomic E-state index is 0.114. The lowest BCUT2D eigenvalue weighted by atomic mass is 10.2. The molecule has 0 unspecified atom stereocenters. The molecular formula is C10H20NO3P. The summed E-state index contributed by atoms with van der Waals surface area (Å²) < 4.78 is 22.7. The Morgan fingerprint density at radius 1 is 1.40 bits per heavy atom. The number of hydrogen-bond acceptors (Lipinski definition) is 4. The lowest BCUT2D eigenvalue weighted by Crippen LogP contribution is -2.04. The van der Waals surface area contributed by atoms with Gasteiger partial charge in [-0.25, -0.2) is 0 Å². The molecule has 2 atom stereocenters. The van der Waals surface area contributed by atoms with Crippen LogP contribution < -0.4 is 5.32 Å². The van der Waals surface area contributed by atoms with Crippen LogP contribution in [0.4, 0.5) is 0 Å². The molecule has 0 spiro atoms. The molecule has 1 N–H and O–H groups in total. The summed E-state index contributed by atoms with van der Waals surface area (Å²) in [5, 5.41) is 3.15. The number of nitrogens with one attached hydrogen (secondary N) is 1. The van der Waals surface area contributed by atoms with Crippen LogP contribution in [0.3, 0.4) is 0 Å². The Hall–Kier alpha value is -0.150.